The number of hydrogen-bond donors (Lipinski definition) is 1. The zero-order chi connectivity index (χ0) is 12.8. The summed E-state index contributed by atoms with van der Waals surface area (Å²) in [5, 5.41) is 3.58. The molecule has 1 saturated heterocycles. The Labute approximate surface area is 111 Å². The third-order valence-corrected chi connectivity index (χ3v) is 3.50. The van der Waals surface area contributed by atoms with E-state index < -0.39 is 0 Å². The maximum Gasteiger partial charge on any atom is 0.128 e. The molecule has 1 atom stereocenters. The van der Waals surface area contributed by atoms with E-state index in [1.165, 1.54) is 19.3 Å². The van der Waals surface area contributed by atoms with Crippen LogP contribution in [0.3, 0.4) is 0 Å². The van der Waals surface area contributed by atoms with Crippen molar-refractivity contribution in [3.8, 4) is 0 Å². The molecule has 1 N–H and O–H groups in total. The molecular formula is C15H25N3. The van der Waals surface area contributed by atoms with Crippen LogP contribution >= 0.6 is 0 Å². The second-order valence-corrected chi connectivity index (χ2v) is 5.58. The summed E-state index contributed by atoms with van der Waals surface area (Å²) in [6, 6.07) is 6.79. The van der Waals surface area contributed by atoms with Crippen LogP contribution < -0.4 is 10.2 Å². The van der Waals surface area contributed by atoms with Crippen molar-refractivity contribution in [3.05, 3.63) is 24.4 Å². The number of nitrogens with one attached hydrogen (secondary N) is 1. The standard InChI is InChI=1S/C15H25N3/c1-13(2)11-16-12-14-7-4-6-10-18(14)15-8-3-5-9-17-15/h3,5,8-9,13-14,16H,4,6-7,10-12H2,1-2H3. The van der Waals surface area contributed by atoms with Crippen molar-refractivity contribution in [1.29, 1.82) is 0 Å². The molecule has 0 bridgehead atoms. The normalized spacial score (nSPS) is 20.4. The molecule has 0 amide bonds. The molecule has 1 fully saturated rings. The summed E-state index contributed by atoms with van der Waals surface area (Å²) >= 11 is 0. The lowest BCUT2D eigenvalue weighted by Gasteiger charge is -2.37. The van der Waals surface area contributed by atoms with Crippen molar-refractivity contribution in [2.24, 2.45) is 5.92 Å². The van der Waals surface area contributed by atoms with E-state index in [0.29, 0.717) is 6.04 Å². The summed E-state index contributed by atoms with van der Waals surface area (Å²) in [6.07, 6.45) is 5.80. The van der Waals surface area contributed by atoms with Gasteiger partial charge in [0.2, 0.25) is 0 Å². The minimum absolute atomic E-state index is 0.604. The van der Waals surface area contributed by atoms with E-state index in [2.05, 4.69) is 41.2 Å². The Balaban J connectivity index is 1.94. The van der Waals surface area contributed by atoms with Gasteiger partial charge in [-0.1, -0.05) is 19.9 Å². The Morgan fingerprint density at radius 3 is 3.00 bits per heavy atom. The highest BCUT2D eigenvalue weighted by molar-refractivity contribution is 5.39. The summed E-state index contributed by atoms with van der Waals surface area (Å²) in [5.74, 6) is 1.85. The predicted octanol–water partition coefficient (Wildman–Crippen LogP) is 2.69. The topological polar surface area (TPSA) is 28.2 Å². The van der Waals surface area contributed by atoms with Crippen LogP contribution in [0, 0.1) is 5.92 Å². The highest BCUT2D eigenvalue weighted by Crippen LogP contribution is 2.22. The van der Waals surface area contributed by atoms with Crippen molar-refractivity contribution in [3.63, 3.8) is 0 Å². The molecule has 1 unspecified atom stereocenters. The maximum absolute atomic E-state index is 4.49. The number of anilines is 1. The first-order chi connectivity index (χ1) is 8.77. The summed E-state index contributed by atoms with van der Waals surface area (Å²) < 4.78 is 0. The second-order valence-electron chi connectivity index (χ2n) is 5.58. The number of nitrogens with zero attached hydrogens (tertiary/aromatic N) is 2. The molecule has 1 aromatic rings. The summed E-state index contributed by atoms with van der Waals surface area (Å²) in [5.41, 5.74) is 0. The molecule has 0 radical (unpaired) electrons. The van der Waals surface area contributed by atoms with Crippen molar-refractivity contribution >= 4 is 5.82 Å². The van der Waals surface area contributed by atoms with Gasteiger partial charge in [-0.05, 0) is 43.9 Å². The SMILES string of the molecule is CC(C)CNCC1CCCCN1c1ccccn1. The van der Waals surface area contributed by atoms with Gasteiger partial charge in [0.15, 0.2) is 0 Å². The molecule has 2 rings (SSSR count). The number of pyridine rings is 1. The van der Waals surface area contributed by atoms with E-state index in [1.54, 1.807) is 0 Å². The quantitative estimate of drug-likeness (QED) is 0.867. The van der Waals surface area contributed by atoms with E-state index >= 15 is 0 Å². The van der Waals surface area contributed by atoms with Crippen molar-refractivity contribution in [1.82, 2.24) is 10.3 Å². The van der Waals surface area contributed by atoms with Crippen LogP contribution in [0.1, 0.15) is 33.1 Å². The van der Waals surface area contributed by atoms with Crippen LogP contribution in [-0.2, 0) is 0 Å². The average Bonchev–Trinajstić information content (AvgIpc) is 2.40. The molecular weight excluding hydrogens is 222 g/mol. The number of hydrogen-bond acceptors (Lipinski definition) is 3. The van der Waals surface area contributed by atoms with E-state index in [0.717, 1.165) is 31.4 Å². The first-order valence-corrected chi connectivity index (χ1v) is 7.16. The van der Waals surface area contributed by atoms with Gasteiger partial charge >= 0.3 is 0 Å². The van der Waals surface area contributed by atoms with Crippen LogP contribution in [0.4, 0.5) is 5.82 Å². The molecule has 2 heterocycles. The molecule has 0 spiro atoms. The maximum atomic E-state index is 4.49. The van der Waals surface area contributed by atoms with Gasteiger partial charge < -0.3 is 10.2 Å². The molecule has 3 heteroatoms. The van der Waals surface area contributed by atoms with Crippen LogP contribution in [-0.4, -0.2) is 30.7 Å². The second kappa shape index (κ2) is 6.74. The summed E-state index contributed by atoms with van der Waals surface area (Å²) in [6.45, 7) is 7.83. The van der Waals surface area contributed by atoms with Gasteiger partial charge in [0.25, 0.3) is 0 Å². The average molecular weight is 247 g/mol. The molecule has 0 saturated carbocycles. The number of aromatic nitrogens is 1. The molecule has 1 aromatic heterocycles. The Morgan fingerprint density at radius 1 is 1.39 bits per heavy atom. The molecule has 100 valence electrons. The first-order valence-electron chi connectivity index (χ1n) is 7.16. The van der Waals surface area contributed by atoms with E-state index in [9.17, 15) is 0 Å². The monoisotopic (exact) mass is 247 g/mol. The van der Waals surface area contributed by atoms with Gasteiger partial charge in [-0.3, -0.25) is 0 Å². The Hall–Kier alpha value is -1.09. The lowest BCUT2D eigenvalue weighted by Crippen LogP contribution is -2.46. The van der Waals surface area contributed by atoms with Crippen LogP contribution in [0.2, 0.25) is 0 Å². The van der Waals surface area contributed by atoms with Gasteiger partial charge in [-0.15, -0.1) is 0 Å². The van der Waals surface area contributed by atoms with E-state index in [4.69, 9.17) is 0 Å². The fraction of sp³-hybridized carbons (Fsp3) is 0.667. The smallest absolute Gasteiger partial charge is 0.128 e. The molecule has 1 aliphatic rings. The molecule has 18 heavy (non-hydrogen) atoms. The largest absolute Gasteiger partial charge is 0.352 e. The van der Waals surface area contributed by atoms with Gasteiger partial charge in [0.05, 0.1) is 0 Å². The van der Waals surface area contributed by atoms with Gasteiger partial charge in [-0.25, -0.2) is 4.98 Å². The van der Waals surface area contributed by atoms with E-state index in [-0.39, 0.29) is 0 Å². The first kappa shape index (κ1) is 13.3. The van der Waals surface area contributed by atoms with Crippen molar-refractivity contribution in [2.45, 2.75) is 39.2 Å². The summed E-state index contributed by atoms with van der Waals surface area (Å²) in [4.78, 5) is 6.96. The van der Waals surface area contributed by atoms with Crippen molar-refractivity contribution < 1.29 is 0 Å². The Bertz CT molecular complexity index is 337. The van der Waals surface area contributed by atoms with Crippen molar-refractivity contribution in [2.75, 3.05) is 24.5 Å². The highest BCUT2D eigenvalue weighted by Gasteiger charge is 2.22. The zero-order valence-corrected chi connectivity index (χ0v) is 11.6. The van der Waals surface area contributed by atoms with Crippen LogP contribution in [0.5, 0.6) is 0 Å². The van der Waals surface area contributed by atoms with Crippen LogP contribution in [0.25, 0.3) is 0 Å². The third kappa shape index (κ3) is 3.70. The minimum atomic E-state index is 0.604. The lowest BCUT2D eigenvalue weighted by molar-refractivity contribution is 0.420. The van der Waals surface area contributed by atoms with E-state index in [1.807, 2.05) is 12.3 Å². The Kier molecular flexibility index (Phi) is 5.00. The van der Waals surface area contributed by atoms with Gasteiger partial charge in [-0.2, -0.15) is 0 Å². The molecule has 3 nitrogen and oxygen atoms in total. The minimum Gasteiger partial charge on any atom is -0.352 e. The third-order valence-electron chi connectivity index (χ3n) is 3.50. The fourth-order valence-corrected chi connectivity index (χ4v) is 2.58. The molecule has 0 aromatic carbocycles. The lowest BCUT2D eigenvalue weighted by atomic mass is 10.0. The number of rotatable bonds is 5. The molecule has 1 aliphatic heterocycles. The zero-order valence-electron chi connectivity index (χ0n) is 11.6. The van der Waals surface area contributed by atoms with Gasteiger partial charge in [0.1, 0.15) is 5.82 Å². The predicted molar refractivity (Wildman–Crippen MR) is 76.9 cm³/mol. The van der Waals surface area contributed by atoms with Crippen LogP contribution in [0.15, 0.2) is 24.4 Å². The number of piperidine rings is 1. The Morgan fingerprint density at radius 2 is 2.28 bits per heavy atom. The fourth-order valence-electron chi connectivity index (χ4n) is 2.58. The highest BCUT2D eigenvalue weighted by atomic mass is 15.2. The molecule has 0 aliphatic carbocycles. The van der Waals surface area contributed by atoms with Gasteiger partial charge in [0, 0.05) is 25.3 Å². The summed E-state index contributed by atoms with van der Waals surface area (Å²) in [7, 11) is 0.